The van der Waals surface area contributed by atoms with Gasteiger partial charge in [-0.1, -0.05) is 44.7 Å². The first-order valence-corrected chi connectivity index (χ1v) is 6.79. The van der Waals surface area contributed by atoms with Crippen LogP contribution >= 0.6 is 0 Å². The summed E-state index contributed by atoms with van der Waals surface area (Å²) in [6.07, 6.45) is 9.58. The van der Waals surface area contributed by atoms with Crippen molar-refractivity contribution in [3.8, 4) is 0 Å². The zero-order chi connectivity index (χ0) is 15.1. The van der Waals surface area contributed by atoms with Gasteiger partial charge in [-0.05, 0) is 20.3 Å². The van der Waals surface area contributed by atoms with Gasteiger partial charge in [0.15, 0.2) is 0 Å². The largest absolute Gasteiger partial charge is 0.402 e. The molecule has 0 aliphatic heterocycles. The summed E-state index contributed by atoms with van der Waals surface area (Å²) in [5.41, 5.74) is 12.2. The summed E-state index contributed by atoms with van der Waals surface area (Å²) in [5, 5.41) is 0. The van der Waals surface area contributed by atoms with Crippen molar-refractivity contribution < 1.29 is 0 Å². The number of nitrogens with zero attached hydrogens (tertiary/aromatic N) is 1. The molecule has 2 unspecified atom stereocenters. The van der Waals surface area contributed by atoms with Crippen LogP contribution in [0.25, 0.3) is 0 Å². The topological polar surface area (TPSA) is 64.4 Å². The van der Waals surface area contributed by atoms with Gasteiger partial charge in [-0.2, -0.15) is 0 Å². The van der Waals surface area contributed by atoms with Gasteiger partial charge in [0.25, 0.3) is 0 Å². The molecule has 108 valence electrons. The second-order valence-corrected chi connectivity index (χ2v) is 5.47. The predicted molar refractivity (Wildman–Crippen MR) is 85.9 cm³/mol. The minimum Gasteiger partial charge on any atom is -0.402 e. The van der Waals surface area contributed by atoms with Crippen LogP contribution in [0, 0.1) is 17.3 Å². The van der Waals surface area contributed by atoms with E-state index in [9.17, 15) is 0 Å². The Morgan fingerprint density at radius 1 is 1.32 bits per heavy atom. The summed E-state index contributed by atoms with van der Waals surface area (Å²) in [7, 11) is 1.71. The average Bonchev–Trinajstić information content (AvgIpc) is 2.36. The van der Waals surface area contributed by atoms with E-state index in [1.165, 1.54) is 0 Å². The van der Waals surface area contributed by atoms with Gasteiger partial charge >= 0.3 is 0 Å². The number of aliphatic imine (C=N–C) groups is 1. The molecule has 0 spiro atoms. The molecular formula is C16H29N3. The van der Waals surface area contributed by atoms with E-state index in [1.54, 1.807) is 7.05 Å². The molecule has 0 aromatic carbocycles. The van der Waals surface area contributed by atoms with Crippen molar-refractivity contribution >= 4 is 5.84 Å². The summed E-state index contributed by atoms with van der Waals surface area (Å²) in [6.45, 7) is 12.1. The summed E-state index contributed by atoms with van der Waals surface area (Å²) in [5.74, 6) is 1.07. The van der Waals surface area contributed by atoms with Crippen molar-refractivity contribution in [2.24, 2.45) is 33.7 Å². The molecule has 0 saturated heterocycles. The zero-order valence-electron chi connectivity index (χ0n) is 13.0. The normalized spacial score (nSPS) is 17.0. The highest BCUT2D eigenvalue weighted by atomic mass is 14.8. The molecule has 0 radical (unpaired) electrons. The van der Waals surface area contributed by atoms with Crippen LogP contribution in [0.2, 0.25) is 0 Å². The second-order valence-electron chi connectivity index (χ2n) is 5.47. The highest BCUT2D eigenvalue weighted by Gasteiger charge is 2.20. The first kappa shape index (κ1) is 17.5. The molecule has 0 aromatic rings. The lowest BCUT2D eigenvalue weighted by atomic mass is 9.85. The molecule has 0 rings (SSSR count). The SMILES string of the molecule is C=C(N)C(C)C(C=CCC)/C=C\C(C)(C)C(N)=NC. The van der Waals surface area contributed by atoms with Gasteiger partial charge < -0.3 is 11.5 Å². The molecule has 0 aromatic heterocycles. The van der Waals surface area contributed by atoms with Crippen molar-refractivity contribution in [3.63, 3.8) is 0 Å². The number of amidine groups is 1. The predicted octanol–water partition coefficient (Wildman–Crippen LogP) is 3.25. The third kappa shape index (κ3) is 5.77. The molecule has 0 fully saturated rings. The molecule has 0 aliphatic carbocycles. The maximum Gasteiger partial charge on any atom is 0.103 e. The van der Waals surface area contributed by atoms with E-state index in [0.29, 0.717) is 11.5 Å². The number of hydrogen-bond donors (Lipinski definition) is 2. The van der Waals surface area contributed by atoms with Crippen LogP contribution in [0.5, 0.6) is 0 Å². The van der Waals surface area contributed by atoms with Gasteiger partial charge in [0.2, 0.25) is 0 Å². The number of allylic oxidation sites excluding steroid dienone is 4. The number of nitrogens with two attached hydrogens (primary N) is 2. The molecule has 0 saturated carbocycles. The third-order valence-electron chi connectivity index (χ3n) is 3.39. The monoisotopic (exact) mass is 263 g/mol. The van der Waals surface area contributed by atoms with Gasteiger partial charge in [-0.25, -0.2) is 0 Å². The molecule has 4 N–H and O–H groups in total. The maximum atomic E-state index is 5.91. The highest BCUT2D eigenvalue weighted by Crippen LogP contribution is 2.24. The summed E-state index contributed by atoms with van der Waals surface area (Å²) < 4.78 is 0. The molecule has 2 atom stereocenters. The second kappa shape index (κ2) is 7.82. The van der Waals surface area contributed by atoms with Gasteiger partial charge in [0, 0.05) is 30.0 Å². The minimum absolute atomic E-state index is 0.203. The maximum absolute atomic E-state index is 5.91. The van der Waals surface area contributed by atoms with E-state index in [-0.39, 0.29) is 17.3 Å². The lowest BCUT2D eigenvalue weighted by molar-refractivity contribution is 0.562. The molecule has 0 amide bonds. The van der Waals surface area contributed by atoms with Crippen molar-refractivity contribution in [2.75, 3.05) is 7.05 Å². The van der Waals surface area contributed by atoms with Gasteiger partial charge in [0.1, 0.15) is 5.84 Å². The minimum atomic E-state index is -0.247. The summed E-state index contributed by atoms with van der Waals surface area (Å²) in [4.78, 5) is 4.06. The molecule has 0 aliphatic rings. The molecule has 0 bridgehead atoms. The molecular weight excluding hydrogens is 234 g/mol. The van der Waals surface area contributed by atoms with Crippen LogP contribution in [0.4, 0.5) is 0 Å². The van der Waals surface area contributed by atoms with E-state index >= 15 is 0 Å². The molecule has 19 heavy (non-hydrogen) atoms. The molecule has 3 heteroatoms. The Hall–Kier alpha value is -1.51. The van der Waals surface area contributed by atoms with E-state index in [1.807, 2.05) is 13.8 Å². The number of rotatable bonds is 7. The van der Waals surface area contributed by atoms with Crippen molar-refractivity contribution in [1.29, 1.82) is 0 Å². The van der Waals surface area contributed by atoms with E-state index in [0.717, 1.165) is 6.42 Å². The molecule has 0 heterocycles. The van der Waals surface area contributed by atoms with Crippen molar-refractivity contribution in [2.45, 2.75) is 34.1 Å². The van der Waals surface area contributed by atoms with Crippen molar-refractivity contribution in [1.82, 2.24) is 0 Å². The van der Waals surface area contributed by atoms with Gasteiger partial charge in [0.05, 0.1) is 0 Å². The van der Waals surface area contributed by atoms with E-state index < -0.39 is 0 Å². The Morgan fingerprint density at radius 3 is 2.32 bits per heavy atom. The number of hydrogen-bond acceptors (Lipinski definition) is 2. The fourth-order valence-corrected chi connectivity index (χ4v) is 1.66. The Kier molecular flexibility index (Phi) is 7.20. The van der Waals surface area contributed by atoms with E-state index in [2.05, 4.69) is 49.7 Å². The van der Waals surface area contributed by atoms with E-state index in [4.69, 9.17) is 11.5 Å². The first-order chi connectivity index (χ1) is 8.76. The Morgan fingerprint density at radius 2 is 1.89 bits per heavy atom. The van der Waals surface area contributed by atoms with Crippen LogP contribution in [0.3, 0.4) is 0 Å². The zero-order valence-corrected chi connectivity index (χ0v) is 13.0. The lowest BCUT2D eigenvalue weighted by Gasteiger charge is -2.22. The fourth-order valence-electron chi connectivity index (χ4n) is 1.66. The van der Waals surface area contributed by atoms with Crippen LogP contribution in [-0.4, -0.2) is 12.9 Å². The average molecular weight is 263 g/mol. The third-order valence-corrected chi connectivity index (χ3v) is 3.39. The molecule has 3 nitrogen and oxygen atoms in total. The van der Waals surface area contributed by atoms with Crippen molar-refractivity contribution in [3.05, 3.63) is 36.6 Å². The van der Waals surface area contributed by atoms with Gasteiger partial charge in [-0.15, -0.1) is 0 Å². The Balaban J connectivity index is 5.11. The van der Waals surface area contributed by atoms with Gasteiger partial charge in [-0.3, -0.25) is 4.99 Å². The smallest absolute Gasteiger partial charge is 0.103 e. The van der Waals surface area contributed by atoms with Crippen LogP contribution in [-0.2, 0) is 0 Å². The fraction of sp³-hybridized carbons (Fsp3) is 0.562. The highest BCUT2D eigenvalue weighted by molar-refractivity contribution is 5.87. The van der Waals surface area contributed by atoms with Crippen LogP contribution < -0.4 is 11.5 Å². The van der Waals surface area contributed by atoms with Crippen LogP contribution in [0.15, 0.2) is 41.6 Å². The summed E-state index contributed by atoms with van der Waals surface area (Å²) >= 11 is 0. The first-order valence-electron chi connectivity index (χ1n) is 6.79. The quantitative estimate of drug-likeness (QED) is 0.421. The Bertz CT molecular complexity index is 375. The Labute approximate surface area is 118 Å². The lowest BCUT2D eigenvalue weighted by Crippen LogP contribution is -2.30. The standard InChI is InChI=1S/C16H29N3/c1-7-8-9-14(12(2)13(3)17)10-11-16(4,5)15(18)19-6/h8-12,14H,3,7,17H2,1-2,4-6H3,(H2,18,19)/b9-8?,11-10-. The summed E-state index contributed by atoms with van der Waals surface area (Å²) in [6, 6.07) is 0. The van der Waals surface area contributed by atoms with Crippen LogP contribution in [0.1, 0.15) is 34.1 Å².